The summed E-state index contributed by atoms with van der Waals surface area (Å²) in [5.74, 6) is 0. The minimum atomic E-state index is 1.26. The van der Waals surface area contributed by atoms with Crippen molar-refractivity contribution in [3.63, 3.8) is 0 Å². The normalized spacial score (nSPS) is 13.6. The van der Waals surface area contributed by atoms with E-state index in [4.69, 9.17) is 0 Å². The fourth-order valence-corrected chi connectivity index (χ4v) is 1.79. The lowest BCUT2D eigenvalue weighted by Crippen LogP contribution is -1.74. The van der Waals surface area contributed by atoms with E-state index in [2.05, 4.69) is 60.9 Å². The van der Waals surface area contributed by atoms with Gasteiger partial charge in [-0.1, -0.05) is 36.4 Å². The Morgan fingerprint density at radius 2 is 1.64 bits per heavy atom. The van der Waals surface area contributed by atoms with Gasteiger partial charge in [0.05, 0.1) is 0 Å². The van der Waals surface area contributed by atoms with Crippen LogP contribution in [-0.2, 0) is 0 Å². The van der Waals surface area contributed by atoms with Crippen LogP contribution in [0.3, 0.4) is 0 Å². The predicted octanol–water partition coefficient (Wildman–Crippen LogP) is 3.92. The van der Waals surface area contributed by atoms with Crippen molar-refractivity contribution in [2.75, 3.05) is 6.26 Å². The van der Waals surface area contributed by atoms with Crippen LogP contribution in [0.4, 0.5) is 0 Å². The summed E-state index contributed by atoms with van der Waals surface area (Å²) < 4.78 is 0. The second kappa shape index (κ2) is 4.34. The molecule has 0 unspecified atom stereocenters. The molecule has 1 aliphatic carbocycles. The van der Waals surface area contributed by atoms with Crippen molar-refractivity contribution in [2.45, 2.75) is 4.90 Å². The highest BCUT2D eigenvalue weighted by Crippen LogP contribution is 2.18. The van der Waals surface area contributed by atoms with Gasteiger partial charge in [-0.2, -0.15) is 0 Å². The van der Waals surface area contributed by atoms with Gasteiger partial charge in [-0.05, 0) is 35.6 Å². The maximum atomic E-state index is 2.18. The Kier molecular flexibility index (Phi) is 2.90. The molecule has 0 bridgehead atoms. The van der Waals surface area contributed by atoms with Crippen molar-refractivity contribution in [3.8, 4) is 0 Å². The number of hydrogen-bond acceptors (Lipinski definition) is 1. The molecular weight excluding hydrogens is 188 g/mol. The highest BCUT2D eigenvalue weighted by Gasteiger charge is 1.93. The summed E-state index contributed by atoms with van der Waals surface area (Å²) >= 11 is 1.77. The summed E-state index contributed by atoms with van der Waals surface area (Å²) in [5, 5.41) is 0. The van der Waals surface area contributed by atoms with Gasteiger partial charge in [0, 0.05) is 4.90 Å². The summed E-state index contributed by atoms with van der Waals surface area (Å²) in [6, 6.07) is 8.61. The predicted molar refractivity (Wildman–Crippen MR) is 64.5 cm³/mol. The maximum Gasteiger partial charge on any atom is 0.00695 e. The van der Waals surface area contributed by atoms with Crippen LogP contribution in [0.15, 0.2) is 59.0 Å². The van der Waals surface area contributed by atoms with E-state index in [1.54, 1.807) is 11.8 Å². The first kappa shape index (κ1) is 9.35. The van der Waals surface area contributed by atoms with E-state index in [0.29, 0.717) is 0 Å². The summed E-state index contributed by atoms with van der Waals surface area (Å²) in [6.07, 6.45) is 12.6. The fourth-order valence-electron chi connectivity index (χ4n) is 1.38. The van der Waals surface area contributed by atoms with E-state index < -0.39 is 0 Å². The molecule has 1 aromatic rings. The van der Waals surface area contributed by atoms with E-state index in [0.717, 1.165) is 0 Å². The first-order valence-electron chi connectivity index (χ1n) is 4.59. The number of hydrogen-bond donors (Lipinski definition) is 0. The van der Waals surface area contributed by atoms with Crippen LogP contribution < -0.4 is 0 Å². The molecule has 0 aliphatic heterocycles. The average molecular weight is 200 g/mol. The Hall–Kier alpha value is -1.21. The first-order chi connectivity index (χ1) is 6.88. The van der Waals surface area contributed by atoms with E-state index in [-0.39, 0.29) is 0 Å². The zero-order chi connectivity index (χ0) is 9.80. The Labute approximate surface area is 89.0 Å². The quantitative estimate of drug-likeness (QED) is 0.652. The van der Waals surface area contributed by atoms with E-state index in [1.807, 2.05) is 0 Å². The molecular formula is C13H12S. The lowest BCUT2D eigenvalue weighted by Gasteiger charge is -1.97. The monoisotopic (exact) mass is 200 g/mol. The highest BCUT2D eigenvalue weighted by molar-refractivity contribution is 7.98. The molecule has 1 heteroatoms. The van der Waals surface area contributed by atoms with Gasteiger partial charge in [-0.15, -0.1) is 11.8 Å². The largest absolute Gasteiger partial charge is 0.130 e. The summed E-state index contributed by atoms with van der Waals surface area (Å²) in [5.41, 5.74) is 2.52. The molecule has 0 atom stereocenters. The Bertz CT molecular complexity index is 380. The van der Waals surface area contributed by atoms with Gasteiger partial charge in [0.1, 0.15) is 0 Å². The van der Waals surface area contributed by atoms with Gasteiger partial charge in [0.2, 0.25) is 0 Å². The Balaban J connectivity index is 2.21. The molecule has 2 rings (SSSR count). The highest BCUT2D eigenvalue weighted by atomic mass is 32.2. The van der Waals surface area contributed by atoms with Crippen molar-refractivity contribution in [2.24, 2.45) is 0 Å². The smallest absolute Gasteiger partial charge is 0.00695 e. The van der Waals surface area contributed by atoms with E-state index in [9.17, 15) is 0 Å². The third-order valence-corrected chi connectivity index (χ3v) is 2.88. The SMILES string of the molecule is CSc1ccc(C=C2C=CC=C2)cc1. The molecule has 0 spiro atoms. The molecule has 0 nitrogen and oxygen atoms in total. The number of thioether (sulfide) groups is 1. The van der Waals surface area contributed by atoms with Gasteiger partial charge in [0.25, 0.3) is 0 Å². The van der Waals surface area contributed by atoms with Crippen molar-refractivity contribution in [3.05, 3.63) is 59.7 Å². The molecule has 1 aromatic carbocycles. The second-order valence-corrected chi connectivity index (χ2v) is 4.02. The zero-order valence-corrected chi connectivity index (χ0v) is 8.92. The summed E-state index contributed by atoms with van der Waals surface area (Å²) in [7, 11) is 0. The van der Waals surface area contributed by atoms with Gasteiger partial charge in [0.15, 0.2) is 0 Å². The molecule has 0 radical (unpaired) electrons. The molecule has 0 saturated carbocycles. The topological polar surface area (TPSA) is 0 Å². The zero-order valence-electron chi connectivity index (χ0n) is 8.10. The molecule has 0 heterocycles. The maximum absolute atomic E-state index is 2.18. The molecule has 0 amide bonds. The van der Waals surface area contributed by atoms with Crippen LogP contribution in [-0.4, -0.2) is 6.26 Å². The van der Waals surface area contributed by atoms with Crippen LogP contribution >= 0.6 is 11.8 Å². The van der Waals surface area contributed by atoms with Gasteiger partial charge < -0.3 is 0 Å². The number of rotatable bonds is 2. The van der Waals surface area contributed by atoms with E-state index >= 15 is 0 Å². The lowest BCUT2D eigenvalue weighted by atomic mass is 10.1. The average Bonchev–Trinajstić information content (AvgIpc) is 2.72. The fraction of sp³-hybridized carbons (Fsp3) is 0.0769. The molecule has 0 N–H and O–H groups in total. The van der Waals surface area contributed by atoms with Gasteiger partial charge in [-0.25, -0.2) is 0 Å². The number of benzene rings is 1. The number of allylic oxidation sites excluding steroid dienone is 5. The van der Waals surface area contributed by atoms with Crippen LogP contribution in [0.2, 0.25) is 0 Å². The minimum absolute atomic E-state index is 1.26. The molecule has 0 fully saturated rings. The van der Waals surface area contributed by atoms with Crippen LogP contribution in [0.1, 0.15) is 5.56 Å². The summed E-state index contributed by atoms with van der Waals surface area (Å²) in [4.78, 5) is 1.31. The molecule has 14 heavy (non-hydrogen) atoms. The Morgan fingerprint density at radius 3 is 2.21 bits per heavy atom. The third kappa shape index (κ3) is 2.18. The molecule has 0 aromatic heterocycles. The van der Waals surface area contributed by atoms with Gasteiger partial charge >= 0.3 is 0 Å². The summed E-state index contributed by atoms with van der Waals surface area (Å²) in [6.45, 7) is 0. The Morgan fingerprint density at radius 1 is 1.00 bits per heavy atom. The molecule has 0 saturated heterocycles. The van der Waals surface area contributed by atoms with Crippen molar-refractivity contribution < 1.29 is 0 Å². The van der Waals surface area contributed by atoms with Crippen molar-refractivity contribution >= 4 is 17.8 Å². The molecule has 70 valence electrons. The van der Waals surface area contributed by atoms with Crippen molar-refractivity contribution in [1.82, 2.24) is 0 Å². The standard InChI is InChI=1S/C13H12S/c1-14-13-8-6-12(7-9-13)10-11-4-2-3-5-11/h2-10H,1H3. The molecule has 1 aliphatic rings. The minimum Gasteiger partial charge on any atom is -0.130 e. The van der Waals surface area contributed by atoms with Crippen LogP contribution in [0, 0.1) is 0 Å². The van der Waals surface area contributed by atoms with Crippen LogP contribution in [0.25, 0.3) is 6.08 Å². The third-order valence-electron chi connectivity index (χ3n) is 2.14. The lowest BCUT2D eigenvalue weighted by molar-refractivity contribution is 1.45. The van der Waals surface area contributed by atoms with Crippen molar-refractivity contribution in [1.29, 1.82) is 0 Å². The first-order valence-corrected chi connectivity index (χ1v) is 5.81. The second-order valence-electron chi connectivity index (χ2n) is 3.14. The van der Waals surface area contributed by atoms with Gasteiger partial charge in [-0.3, -0.25) is 0 Å². The van der Waals surface area contributed by atoms with Crippen LogP contribution in [0.5, 0.6) is 0 Å². The van der Waals surface area contributed by atoms with E-state index in [1.165, 1.54) is 16.0 Å².